The fourth-order valence-electron chi connectivity index (χ4n) is 1.57. The van der Waals surface area contributed by atoms with Crippen molar-refractivity contribution in [2.75, 3.05) is 16.6 Å². The third-order valence-corrected chi connectivity index (χ3v) is 4.03. The van der Waals surface area contributed by atoms with Crippen LogP contribution in [0.3, 0.4) is 0 Å². The smallest absolute Gasteiger partial charge is 0.263 e. The number of nitrogens with one attached hydrogen (secondary N) is 2. The summed E-state index contributed by atoms with van der Waals surface area (Å²) in [5, 5.41) is 10.6. The van der Waals surface area contributed by atoms with Gasteiger partial charge in [-0.2, -0.15) is 0 Å². The summed E-state index contributed by atoms with van der Waals surface area (Å²) in [6.45, 7) is 6.03. The molecule has 1 aromatic carbocycles. The summed E-state index contributed by atoms with van der Waals surface area (Å²) in [6.07, 6.45) is 1.69. The van der Waals surface area contributed by atoms with Gasteiger partial charge in [-0.05, 0) is 31.2 Å². The molecule has 0 bridgehead atoms. The van der Waals surface area contributed by atoms with Crippen LogP contribution in [0.25, 0.3) is 0 Å². The lowest BCUT2D eigenvalue weighted by Crippen LogP contribution is -2.14. The molecule has 1 heterocycles. The Labute approximate surface area is 124 Å². The third-order valence-electron chi connectivity index (χ3n) is 2.66. The maximum atomic E-state index is 12.2. The Balaban J connectivity index is 2.13. The second-order valence-electron chi connectivity index (χ2n) is 4.39. The van der Waals surface area contributed by atoms with Gasteiger partial charge >= 0.3 is 0 Å². The molecule has 0 aliphatic carbocycles. The predicted molar refractivity (Wildman–Crippen MR) is 82.7 cm³/mol. The first-order chi connectivity index (χ1) is 10.0. The van der Waals surface area contributed by atoms with Gasteiger partial charge in [0.05, 0.1) is 4.90 Å². The van der Waals surface area contributed by atoms with E-state index in [2.05, 4.69) is 26.8 Å². The fraction of sp³-hybridized carbons (Fsp3) is 0.143. The van der Waals surface area contributed by atoms with Crippen molar-refractivity contribution >= 4 is 21.7 Å². The van der Waals surface area contributed by atoms with Gasteiger partial charge < -0.3 is 5.32 Å². The van der Waals surface area contributed by atoms with Crippen molar-refractivity contribution in [2.45, 2.75) is 11.8 Å². The molecule has 0 fully saturated rings. The van der Waals surface area contributed by atoms with Gasteiger partial charge in [0.2, 0.25) is 0 Å². The van der Waals surface area contributed by atoms with Crippen molar-refractivity contribution in [2.24, 2.45) is 0 Å². The number of nitrogens with zero attached hydrogens (tertiary/aromatic N) is 2. The maximum absolute atomic E-state index is 12.2. The van der Waals surface area contributed by atoms with E-state index in [-0.39, 0.29) is 10.7 Å². The van der Waals surface area contributed by atoms with E-state index >= 15 is 0 Å². The molecule has 1 aromatic heterocycles. The van der Waals surface area contributed by atoms with Crippen molar-refractivity contribution in [3.05, 3.63) is 54.6 Å². The zero-order valence-electron chi connectivity index (χ0n) is 11.6. The zero-order valence-corrected chi connectivity index (χ0v) is 12.4. The molecule has 2 rings (SSSR count). The van der Waals surface area contributed by atoms with Gasteiger partial charge in [-0.25, -0.2) is 8.42 Å². The van der Waals surface area contributed by atoms with Crippen LogP contribution in [0, 0.1) is 6.92 Å². The molecule has 21 heavy (non-hydrogen) atoms. The van der Waals surface area contributed by atoms with Crippen LogP contribution in [-0.2, 0) is 10.0 Å². The number of rotatable bonds is 6. The molecule has 110 valence electrons. The van der Waals surface area contributed by atoms with Gasteiger partial charge in [0.25, 0.3) is 10.0 Å². The van der Waals surface area contributed by atoms with Gasteiger partial charge in [-0.1, -0.05) is 23.8 Å². The van der Waals surface area contributed by atoms with Crippen molar-refractivity contribution in [1.29, 1.82) is 0 Å². The van der Waals surface area contributed by atoms with Crippen LogP contribution in [0.4, 0.5) is 11.6 Å². The van der Waals surface area contributed by atoms with Crippen LogP contribution in [0.1, 0.15) is 5.56 Å². The number of aromatic nitrogens is 2. The van der Waals surface area contributed by atoms with Crippen molar-refractivity contribution in [1.82, 2.24) is 10.2 Å². The van der Waals surface area contributed by atoms with Crippen LogP contribution in [-0.4, -0.2) is 25.2 Å². The van der Waals surface area contributed by atoms with Crippen molar-refractivity contribution in [3.63, 3.8) is 0 Å². The van der Waals surface area contributed by atoms with Crippen LogP contribution >= 0.6 is 0 Å². The minimum absolute atomic E-state index is 0.166. The number of anilines is 2. The lowest BCUT2D eigenvalue weighted by molar-refractivity contribution is 0.601. The Morgan fingerprint density at radius 3 is 2.29 bits per heavy atom. The monoisotopic (exact) mass is 304 g/mol. The zero-order chi connectivity index (χ0) is 15.3. The Morgan fingerprint density at radius 2 is 1.71 bits per heavy atom. The lowest BCUT2D eigenvalue weighted by Gasteiger charge is -2.08. The number of hydrogen-bond donors (Lipinski definition) is 2. The van der Waals surface area contributed by atoms with Gasteiger partial charge in [-0.3, -0.25) is 4.72 Å². The standard InChI is InChI=1S/C14H16N4O2S/c1-3-10-15-13-8-9-14(17-16-13)18-21(19,20)12-6-4-11(2)5-7-12/h3-9H,1,10H2,2H3,(H,15,16)(H,17,18). The first-order valence-electron chi connectivity index (χ1n) is 6.29. The summed E-state index contributed by atoms with van der Waals surface area (Å²) < 4.78 is 26.7. The molecule has 0 amide bonds. The molecular weight excluding hydrogens is 288 g/mol. The molecule has 0 atom stereocenters. The Hall–Kier alpha value is -2.41. The minimum Gasteiger partial charge on any atom is -0.365 e. The molecular formula is C14H16N4O2S. The highest BCUT2D eigenvalue weighted by Gasteiger charge is 2.14. The second kappa shape index (κ2) is 6.36. The summed E-state index contributed by atoms with van der Waals surface area (Å²) in [5.41, 5.74) is 0.992. The molecule has 2 N–H and O–H groups in total. The summed E-state index contributed by atoms with van der Waals surface area (Å²) in [6, 6.07) is 9.76. The van der Waals surface area contributed by atoms with Gasteiger partial charge in [0, 0.05) is 6.54 Å². The molecule has 7 heteroatoms. The van der Waals surface area contributed by atoms with Crippen molar-refractivity contribution in [3.8, 4) is 0 Å². The van der Waals surface area contributed by atoms with E-state index in [1.807, 2.05) is 6.92 Å². The minimum atomic E-state index is -3.65. The van der Waals surface area contributed by atoms with E-state index in [4.69, 9.17) is 0 Å². The van der Waals surface area contributed by atoms with Crippen molar-refractivity contribution < 1.29 is 8.42 Å². The molecule has 0 saturated carbocycles. The third kappa shape index (κ3) is 4.03. The summed E-state index contributed by atoms with van der Waals surface area (Å²) in [4.78, 5) is 0.184. The normalized spacial score (nSPS) is 10.9. The second-order valence-corrected chi connectivity index (χ2v) is 6.07. The molecule has 2 aromatic rings. The fourth-order valence-corrected chi connectivity index (χ4v) is 2.57. The number of sulfonamides is 1. The van der Waals surface area contributed by atoms with Crippen LogP contribution < -0.4 is 10.0 Å². The maximum Gasteiger partial charge on any atom is 0.263 e. The van der Waals surface area contributed by atoms with Gasteiger partial charge in [-0.15, -0.1) is 16.8 Å². The Bertz CT molecular complexity index is 710. The molecule has 0 saturated heterocycles. The Kier molecular flexibility index (Phi) is 4.54. The molecule has 0 radical (unpaired) electrons. The van der Waals surface area contributed by atoms with E-state index in [0.29, 0.717) is 12.4 Å². The number of benzene rings is 1. The van der Waals surface area contributed by atoms with Gasteiger partial charge in [0.1, 0.15) is 5.82 Å². The quantitative estimate of drug-likeness (QED) is 0.799. The SMILES string of the molecule is C=CCNc1ccc(NS(=O)(=O)c2ccc(C)cc2)nn1. The van der Waals surface area contributed by atoms with Gasteiger partial charge in [0.15, 0.2) is 5.82 Å². The molecule has 0 unspecified atom stereocenters. The average molecular weight is 304 g/mol. The van der Waals surface area contributed by atoms with Crippen LogP contribution in [0.2, 0.25) is 0 Å². The van der Waals surface area contributed by atoms with E-state index in [9.17, 15) is 8.42 Å². The van der Waals surface area contributed by atoms with Crippen LogP contribution in [0.15, 0.2) is 53.9 Å². The van der Waals surface area contributed by atoms with E-state index in [1.165, 1.54) is 0 Å². The highest BCUT2D eigenvalue weighted by Crippen LogP contribution is 2.15. The first kappa shape index (κ1) is 15.0. The Morgan fingerprint density at radius 1 is 1.10 bits per heavy atom. The van der Waals surface area contributed by atoms with E-state index in [0.717, 1.165) is 5.56 Å². The number of aryl methyl sites for hydroxylation is 1. The molecule has 0 aliphatic heterocycles. The predicted octanol–water partition coefficient (Wildman–Crippen LogP) is 2.18. The van der Waals surface area contributed by atoms with E-state index < -0.39 is 10.0 Å². The molecule has 0 spiro atoms. The topological polar surface area (TPSA) is 84.0 Å². The average Bonchev–Trinajstić information content (AvgIpc) is 2.47. The number of hydrogen-bond acceptors (Lipinski definition) is 5. The summed E-state index contributed by atoms with van der Waals surface area (Å²) in [7, 11) is -3.65. The largest absolute Gasteiger partial charge is 0.365 e. The highest BCUT2D eigenvalue weighted by atomic mass is 32.2. The summed E-state index contributed by atoms with van der Waals surface area (Å²) >= 11 is 0. The summed E-state index contributed by atoms with van der Waals surface area (Å²) in [5.74, 6) is 0.716. The van der Waals surface area contributed by atoms with Crippen LogP contribution in [0.5, 0.6) is 0 Å². The lowest BCUT2D eigenvalue weighted by atomic mass is 10.2. The molecule has 6 nitrogen and oxygen atoms in total. The highest BCUT2D eigenvalue weighted by molar-refractivity contribution is 7.92. The molecule has 0 aliphatic rings. The first-order valence-corrected chi connectivity index (χ1v) is 7.77. The van der Waals surface area contributed by atoms with E-state index in [1.54, 1.807) is 42.5 Å².